The van der Waals surface area contributed by atoms with Crippen LogP contribution in [0.3, 0.4) is 0 Å². The number of anilines is 1. The smallest absolute Gasteiger partial charge is 0.319 e. The molecule has 190 valence electrons. The highest BCUT2D eigenvalue weighted by Gasteiger charge is 2.17. The Hall–Kier alpha value is -4.52. The molecule has 0 atom stereocenters. The molecule has 0 unspecified atom stereocenters. The predicted molar refractivity (Wildman–Crippen MR) is 133 cm³/mol. The molecule has 1 aromatic heterocycles. The van der Waals surface area contributed by atoms with E-state index in [0.29, 0.717) is 28.2 Å². The monoisotopic (exact) mass is 526 g/mol. The summed E-state index contributed by atoms with van der Waals surface area (Å²) in [6.07, 6.45) is 0. The number of ether oxygens (including phenoxy) is 1. The summed E-state index contributed by atoms with van der Waals surface area (Å²) in [6, 6.07) is 15.7. The number of rotatable bonds is 9. The second kappa shape index (κ2) is 11.5. The summed E-state index contributed by atoms with van der Waals surface area (Å²) in [5.74, 6) is -0.518. The van der Waals surface area contributed by atoms with Gasteiger partial charge in [-0.1, -0.05) is 23.9 Å². The second-order valence-electron chi connectivity index (χ2n) is 7.58. The molecule has 0 spiro atoms. The van der Waals surface area contributed by atoms with Crippen LogP contribution in [0.5, 0.6) is 5.75 Å². The number of non-ortho nitro benzene ring substituents is 1. The third-order valence-electron chi connectivity index (χ3n) is 5.11. The number of urea groups is 1. The third kappa shape index (κ3) is 6.38. The van der Waals surface area contributed by atoms with Crippen LogP contribution in [0.15, 0.2) is 71.9 Å². The molecule has 0 aliphatic carbocycles. The van der Waals surface area contributed by atoms with Crippen LogP contribution in [-0.4, -0.2) is 32.8 Å². The number of nitrogens with one attached hydrogen (secondary N) is 2. The van der Waals surface area contributed by atoms with E-state index in [1.54, 1.807) is 23.8 Å². The zero-order valence-corrected chi connectivity index (χ0v) is 20.2. The van der Waals surface area contributed by atoms with E-state index in [9.17, 15) is 23.7 Å². The molecule has 0 fully saturated rings. The van der Waals surface area contributed by atoms with Gasteiger partial charge in [-0.2, -0.15) is 0 Å². The van der Waals surface area contributed by atoms with Gasteiger partial charge in [-0.05, 0) is 42.0 Å². The predicted octanol–water partition coefficient (Wildman–Crippen LogP) is 5.08. The number of benzene rings is 3. The number of hydrogen-bond acceptors (Lipinski definition) is 7. The van der Waals surface area contributed by atoms with Crippen LogP contribution in [0.1, 0.15) is 11.4 Å². The number of amides is 2. The highest BCUT2D eigenvalue weighted by atomic mass is 32.2. The Balaban J connectivity index is 1.54. The Morgan fingerprint density at radius 1 is 1.08 bits per heavy atom. The first-order valence-corrected chi connectivity index (χ1v) is 11.8. The Morgan fingerprint density at radius 2 is 1.86 bits per heavy atom. The molecule has 0 radical (unpaired) electrons. The van der Waals surface area contributed by atoms with Gasteiger partial charge < -0.3 is 15.4 Å². The number of methoxy groups -OCH3 is 1. The number of thioether (sulfide) groups is 1. The maximum absolute atomic E-state index is 13.4. The molecule has 4 aromatic rings. The molecule has 3 aromatic carbocycles. The SMILES string of the molecule is COc1cccc(CSc2nnc(CNC(=O)Nc3ccc(F)c(F)c3)n2-c2ccc([N+](=O)[O-])cc2)c1. The van der Waals surface area contributed by atoms with Crippen molar-refractivity contribution in [2.75, 3.05) is 12.4 Å². The lowest BCUT2D eigenvalue weighted by atomic mass is 10.2. The number of hydrogen-bond donors (Lipinski definition) is 2. The van der Waals surface area contributed by atoms with Crippen LogP contribution >= 0.6 is 11.8 Å². The lowest BCUT2D eigenvalue weighted by molar-refractivity contribution is -0.384. The first-order valence-electron chi connectivity index (χ1n) is 10.8. The first kappa shape index (κ1) is 25.6. The van der Waals surface area contributed by atoms with Gasteiger partial charge in [-0.25, -0.2) is 13.6 Å². The van der Waals surface area contributed by atoms with Gasteiger partial charge >= 0.3 is 6.03 Å². The molecule has 0 aliphatic heterocycles. The molecule has 0 saturated carbocycles. The van der Waals surface area contributed by atoms with E-state index in [2.05, 4.69) is 20.8 Å². The summed E-state index contributed by atoms with van der Waals surface area (Å²) < 4.78 is 33.5. The van der Waals surface area contributed by atoms with Crippen LogP contribution in [0, 0.1) is 21.7 Å². The van der Waals surface area contributed by atoms with E-state index in [1.165, 1.54) is 30.0 Å². The lowest BCUT2D eigenvalue weighted by Crippen LogP contribution is -2.29. The summed E-state index contributed by atoms with van der Waals surface area (Å²) in [5, 5.41) is 25.0. The van der Waals surface area contributed by atoms with E-state index in [0.717, 1.165) is 17.7 Å². The zero-order chi connectivity index (χ0) is 26.4. The summed E-state index contributed by atoms with van der Waals surface area (Å²) in [4.78, 5) is 22.9. The van der Waals surface area contributed by atoms with Crippen molar-refractivity contribution in [1.29, 1.82) is 0 Å². The number of nitro groups is 1. The van der Waals surface area contributed by atoms with Gasteiger partial charge in [-0.3, -0.25) is 14.7 Å². The lowest BCUT2D eigenvalue weighted by Gasteiger charge is -2.12. The van der Waals surface area contributed by atoms with E-state index in [1.807, 2.05) is 24.3 Å². The van der Waals surface area contributed by atoms with Gasteiger partial charge in [0.15, 0.2) is 22.6 Å². The highest BCUT2D eigenvalue weighted by molar-refractivity contribution is 7.98. The first-order chi connectivity index (χ1) is 17.8. The minimum Gasteiger partial charge on any atom is -0.497 e. The molecule has 2 amide bonds. The summed E-state index contributed by atoms with van der Waals surface area (Å²) in [5.41, 5.74) is 1.53. The van der Waals surface area contributed by atoms with Gasteiger partial charge in [0.1, 0.15) is 5.75 Å². The number of nitrogens with zero attached hydrogens (tertiary/aromatic N) is 4. The highest BCUT2D eigenvalue weighted by Crippen LogP contribution is 2.27. The van der Waals surface area contributed by atoms with Crippen LogP contribution in [0.2, 0.25) is 0 Å². The Kier molecular flexibility index (Phi) is 7.93. The average Bonchev–Trinajstić information content (AvgIpc) is 3.31. The molecule has 0 bridgehead atoms. The van der Waals surface area contributed by atoms with Crippen LogP contribution in [0.4, 0.5) is 25.0 Å². The van der Waals surface area contributed by atoms with E-state index in [4.69, 9.17) is 4.74 Å². The van der Waals surface area contributed by atoms with Gasteiger partial charge in [0.25, 0.3) is 5.69 Å². The average molecular weight is 527 g/mol. The normalized spacial score (nSPS) is 10.7. The topological polar surface area (TPSA) is 124 Å². The van der Waals surface area contributed by atoms with Crippen molar-refractivity contribution in [1.82, 2.24) is 20.1 Å². The standard InChI is InChI=1S/C24H20F2N6O4S/c1-36-19-4-2-3-15(11-19)14-37-24-30-29-22(31(24)17-6-8-18(9-7-17)32(34)35)13-27-23(33)28-16-5-10-20(25)21(26)12-16/h2-12H,13-14H2,1H3,(H2,27,28,33). The second-order valence-corrected chi connectivity index (χ2v) is 8.53. The van der Waals surface area contributed by atoms with Crippen LogP contribution in [0.25, 0.3) is 5.69 Å². The molecule has 0 saturated heterocycles. The van der Waals surface area contributed by atoms with Crippen molar-refractivity contribution in [2.24, 2.45) is 0 Å². The van der Waals surface area contributed by atoms with Crippen molar-refractivity contribution >= 4 is 29.2 Å². The van der Waals surface area contributed by atoms with Crippen LogP contribution in [-0.2, 0) is 12.3 Å². The van der Waals surface area contributed by atoms with Gasteiger partial charge in [0, 0.05) is 35.3 Å². The van der Waals surface area contributed by atoms with Gasteiger partial charge in [-0.15, -0.1) is 10.2 Å². The van der Waals surface area contributed by atoms with Crippen molar-refractivity contribution < 1.29 is 23.2 Å². The van der Waals surface area contributed by atoms with Crippen LogP contribution < -0.4 is 15.4 Å². The maximum atomic E-state index is 13.4. The quantitative estimate of drug-likeness (QED) is 0.177. The maximum Gasteiger partial charge on any atom is 0.319 e. The fourth-order valence-electron chi connectivity index (χ4n) is 3.31. The number of aromatic nitrogens is 3. The van der Waals surface area contributed by atoms with E-state index < -0.39 is 22.6 Å². The zero-order valence-electron chi connectivity index (χ0n) is 19.4. The summed E-state index contributed by atoms with van der Waals surface area (Å²) in [7, 11) is 1.58. The largest absolute Gasteiger partial charge is 0.497 e. The third-order valence-corrected chi connectivity index (χ3v) is 6.11. The van der Waals surface area contributed by atoms with Crippen molar-refractivity contribution in [3.63, 3.8) is 0 Å². The molecule has 0 aliphatic rings. The minimum atomic E-state index is -1.09. The minimum absolute atomic E-state index is 0.0702. The van der Waals surface area contributed by atoms with Crippen molar-refractivity contribution in [3.8, 4) is 11.4 Å². The molecule has 13 heteroatoms. The van der Waals surface area contributed by atoms with Crippen molar-refractivity contribution in [3.05, 3.63) is 99.9 Å². The molecular weight excluding hydrogens is 506 g/mol. The van der Waals surface area contributed by atoms with E-state index >= 15 is 0 Å². The Labute approximate surface area is 213 Å². The van der Waals surface area contributed by atoms with Gasteiger partial charge in [0.05, 0.1) is 18.6 Å². The molecular formula is C24H20F2N6O4S. The molecule has 4 rings (SSSR count). The fourth-order valence-corrected chi connectivity index (χ4v) is 4.22. The van der Waals surface area contributed by atoms with E-state index in [-0.39, 0.29) is 17.9 Å². The Bertz CT molecular complexity index is 1430. The molecule has 37 heavy (non-hydrogen) atoms. The fraction of sp³-hybridized carbons (Fsp3) is 0.125. The molecule has 2 N–H and O–H groups in total. The summed E-state index contributed by atoms with van der Waals surface area (Å²) >= 11 is 1.38. The number of carbonyl (C=O) groups excluding carboxylic acids is 1. The van der Waals surface area contributed by atoms with Gasteiger partial charge in [0.2, 0.25) is 0 Å². The Morgan fingerprint density at radius 3 is 2.57 bits per heavy atom. The molecule has 1 heterocycles. The number of halogens is 2. The summed E-state index contributed by atoms with van der Waals surface area (Å²) in [6.45, 7) is -0.0702. The molecule has 10 nitrogen and oxygen atoms in total. The van der Waals surface area contributed by atoms with Crippen molar-refractivity contribution in [2.45, 2.75) is 17.5 Å². The number of carbonyl (C=O) groups is 1. The number of nitro benzene ring substituents is 1.